The highest BCUT2D eigenvalue weighted by molar-refractivity contribution is 5.75. The quantitative estimate of drug-likeness (QED) is 0.708. The van der Waals surface area contributed by atoms with Crippen LogP contribution in [0.1, 0.15) is 52.5 Å². The largest absolute Gasteiger partial charge is 0.494 e. The average Bonchev–Trinajstić information content (AvgIpc) is 2.27. The number of unbranched alkanes of at least 4 members (excludes halogenated alkanes) is 1. The number of carbonyl (C=O) groups is 1. The molecule has 0 atom stereocenters. The smallest absolute Gasteiger partial charge is 0.129 e. The van der Waals surface area contributed by atoms with Gasteiger partial charge in [0.25, 0.3) is 0 Å². The Kier molecular flexibility index (Phi) is 5.39. The lowest BCUT2D eigenvalue weighted by atomic mass is 9.87. The molecule has 100 valence electrons. The minimum atomic E-state index is 0.181. The molecular formula is C16H24O2. The Bertz CT molecular complexity index is 371. The van der Waals surface area contributed by atoms with Gasteiger partial charge in [0.15, 0.2) is 0 Å². The SMILES string of the molecule is CC(=O)CCCCOc1ccc(C(C)(C)C)cc1. The maximum atomic E-state index is 10.8. The van der Waals surface area contributed by atoms with Crippen molar-refractivity contribution in [2.45, 2.75) is 52.4 Å². The Hall–Kier alpha value is -1.31. The zero-order valence-corrected chi connectivity index (χ0v) is 12.0. The van der Waals surface area contributed by atoms with Crippen molar-refractivity contribution in [3.05, 3.63) is 29.8 Å². The van der Waals surface area contributed by atoms with Gasteiger partial charge in [-0.3, -0.25) is 0 Å². The average molecular weight is 248 g/mol. The summed E-state index contributed by atoms with van der Waals surface area (Å²) in [6.45, 7) is 8.91. The molecule has 1 aromatic carbocycles. The first-order valence-corrected chi connectivity index (χ1v) is 6.62. The Labute approximate surface area is 110 Å². The van der Waals surface area contributed by atoms with Gasteiger partial charge in [0.05, 0.1) is 6.61 Å². The first kappa shape index (κ1) is 14.7. The van der Waals surface area contributed by atoms with Gasteiger partial charge in [-0.1, -0.05) is 32.9 Å². The van der Waals surface area contributed by atoms with E-state index < -0.39 is 0 Å². The van der Waals surface area contributed by atoms with Crippen molar-refractivity contribution >= 4 is 5.78 Å². The van der Waals surface area contributed by atoms with Gasteiger partial charge in [-0.15, -0.1) is 0 Å². The molecule has 0 saturated heterocycles. The molecule has 0 fully saturated rings. The Balaban J connectivity index is 2.33. The second-order valence-corrected chi connectivity index (χ2v) is 5.78. The van der Waals surface area contributed by atoms with E-state index >= 15 is 0 Å². The maximum Gasteiger partial charge on any atom is 0.129 e. The number of ether oxygens (including phenoxy) is 1. The fourth-order valence-corrected chi connectivity index (χ4v) is 1.72. The molecule has 2 heteroatoms. The van der Waals surface area contributed by atoms with Gasteiger partial charge in [-0.25, -0.2) is 0 Å². The Morgan fingerprint density at radius 2 is 1.72 bits per heavy atom. The van der Waals surface area contributed by atoms with Gasteiger partial charge in [-0.05, 0) is 42.9 Å². The van der Waals surface area contributed by atoms with E-state index in [-0.39, 0.29) is 11.2 Å². The van der Waals surface area contributed by atoms with Crippen molar-refractivity contribution in [1.29, 1.82) is 0 Å². The summed E-state index contributed by atoms with van der Waals surface area (Å²) in [7, 11) is 0. The van der Waals surface area contributed by atoms with E-state index in [1.807, 2.05) is 12.1 Å². The number of carbonyl (C=O) groups excluding carboxylic acids is 1. The molecule has 1 rings (SSSR count). The van der Waals surface area contributed by atoms with Gasteiger partial charge in [0, 0.05) is 6.42 Å². The third-order valence-corrected chi connectivity index (χ3v) is 2.91. The minimum absolute atomic E-state index is 0.181. The van der Waals surface area contributed by atoms with Crippen molar-refractivity contribution in [2.75, 3.05) is 6.61 Å². The molecule has 0 aliphatic heterocycles. The second-order valence-electron chi connectivity index (χ2n) is 5.78. The number of Topliss-reactive ketones (excluding diaryl/α,β-unsaturated/α-hetero) is 1. The van der Waals surface area contributed by atoms with Crippen molar-refractivity contribution in [2.24, 2.45) is 0 Å². The van der Waals surface area contributed by atoms with Crippen LogP contribution in [0.25, 0.3) is 0 Å². The fraction of sp³-hybridized carbons (Fsp3) is 0.562. The molecule has 0 heterocycles. The molecule has 0 aliphatic rings. The van der Waals surface area contributed by atoms with Crippen molar-refractivity contribution < 1.29 is 9.53 Å². The summed E-state index contributed by atoms with van der Waals surface area (Å²) in [5, 5.41) is 0. The molecule has 2 nitrogen and oxygen atoms in total. The van der Waals surface area contributed by atoms with E-state index in [1.165, 1.54) is 5.56 Å². The van der Waals surface area contributed by atoms with Gasteiger partial charge < -0.3 is 9.53 Å². The summed E-state index contributed by atoms with van der Waals surface area (Å²) in [5.41, 5.74) is 1.49. The van der Waals surface area contributed by atoms with Crippen molar-refractivity contribution in [1.82, 2.24) is 0 Å². The molecule has 0 radical (unpaired) electrons. The van der Waals surface area contributed by atoms with Gasteiger partial charge in [0.1, 0.15) is 11.5 Å². The van der Waals surface area contributed by atoms with Crippen LogP contribution in [-0.4, -0.2) is 12.4 Å². The summed E-state index contributed by atoms with van der Waals surface area (Å²) in [5.74, 6) is 1.16. The number of hydrogen-bond donors (Lipinski definition) is 0. The zero-order chi connectivity index (χ0) is 13.6. The number of ketones is 1. The lowest BCUT2D eigenvalue weighted by Gasteiger charge is -2.19. The molecule has 1 aromatic rings. The van der Waals surface area contributed by atoms with Crippen LogP contribution in [-0.2, 0) is 10.2 Å². The zero-order valence-electron chi connectivity index (χ0n) is 12.0. The first-order valence-electron chi connectivity index (χ1n) is 6.62. The number of rotatable bonds is 6. The highest BCUT2D eigenvalue weighted by Crippen LogP contribution is 2.24. The highest BCUT2D eigenvalue weighted by Gasteiger charge is 2.12. The summed E-state index contributed by atoms with van der Waals surface area (Å²) >= 11 is 0. The van der Waals surface area contributed by atoms with Gasteiger partial charge >= 0.3 is 0 Å². The van der Waals surface area contributed by atoms with E-state index in [1.54, 1.807) is 6.92 Å². The van der Waals surface area contributed by atoms with Crippen LogP contribution < -0.4 is 4.74 Å². The molecule has 0 saturated carbocycles. The summed E-state index contributed by atoms with van der Waals surface area (Å²) in [4.78, 5) is 10.8. The van der Waals surface area contributed by atoms with Crippen molar-refractivity contribution in [3.8, 4) is 5.75 Å². The van der Waals surface area contributed by atoms with Gasteiger partial charge in [0.2, 0.25) is 0 Å². The standard InChI is InChI=1S/C16H24O2/c1-13(17)7-5-6-12-18-15-10-8-14(9-11-15)16(2,3)4/h8-11H,5-7,12H2,1-4H3. The van der Waals surface area contributed by atoms with Crippen LogP contribution in [0.5, 0.6) is 5.75 Å². The van der Waals surface area contributed by atoms with Crippen molar-refractivity contribution in [3.63, 3.8) is 0 Å². The van der Waals surface area contributed by atoms with Crippen LogP contribution in [0.3, 0.4) is 0 Å². The second kappa shape index (κ2) is 6.58. The Morgan fingerprint density at radius 3 is 2.22 bits per heavy atom. The van der Waals surface area contributed by atoms with E-state index in [0.717, 1.165) is 18.6 Å². The predicted octanol–water partition coefficient (Wildman–Crippen LogP) is 4.12. The lowest BCUT2D eigenvalue weighted by molar-refractivity contribution is -0.117. The number of benzene rings is 1. The maximum absolute atomic E-state index is 10.8. The van der Waals surface area contributed by atoms with E-state index in [0.29, 0.717) is 13.0 Å². The lowest BCUT2D eigenvalue weighted by Crippen LogP contribution is -2.10. The molecule has 0 aliphatic carbocycles. The summed E-state index contributed by atoms with van der Waals surface area (Å²) in [6.07, 6.45) is 2.50. The molecule has 0 amide bonds. The first-order chi connectivity index (χ1) is 8.39. The van der Waals surface area contributed by atoms with Crippen LogP contribution in [0.15, 0.2) is 24.3 Å². The van der Waals surface area contributed by atoms with Crippen LogP contribution in [0.4, 0.5) is 0 Å². The topological polar surface area (TPSA) is 26.3 Å². The molecule has 0 aromatic heterocycles. The third-order valence-electron chi connectivity index (χ3n) is 2.91. The molecule has 0 bridgehead atoms. The fourth-order valence-electron chi connectivity index (χ4n) is 1.72. The van der Waals surface area contributed by atoms with E-state index in [9.17, 15) is 4.79 Å². The normalized spacial score (nSPS) is 11.3. The Morgan fingerprint density at radius 1 is 1.11 bits per heavy atom. The molecule has 0 unspecified atom stereocenters. The molecular weight excluding hydrogens is 224 g/mol. The molecule has 0 N–H and O–H groups in total. The van der Waals surface area contributed by atoms with Crippen LogP contribution in [0.2, 0.25) is 0 Å². The number of hydrogen-bond acceptors (Lipinski definition) is 2. The summed E-state index contributed by atoms with van der Waals surface area (Å²) in [6, 6.07) is 8.27. The van der Waals surface area contributed by atoms with E-state index in [2.05, 4.69) is 32.9 Å². The molecule has 18 heavy (non-hydrogen) atoms. The predicted molar refractivity (Wildman–Crippen MR) is 75.2 cm³/mol. The third kappa shape index (κ3) is 5.35. The highest BCUT2D eigenvalue weighted by atomic mass is 16.5. The molecule has 0 spiro atoms. The monoisotopic (exact) mass is 248 g/mol. The van der Waals surface area contributed by atoms with E-state index in [4.69, 9.17) is 4.74 Å². The summed E-state index contributed by atoms with van der Waals surface area (Å²) < 4.78 is 5.64. The minimum Gasteiger partial charge on any atom is -0.494 e. The van der Waals surface area contributed by atoms with Crippen LogP contribution in [0, 0.1) is 0 Å². The van der Waals surface area contributed by atoms with Crippen LogP contribution >= 0.6 is 0 Å². The van der Waals surface area contributed by atoms with Gasteiger partial charge in [-0.2, -0.15) is 0 Å².